The first-order valence-corrected chi connectivity index (χ1v) is 15.4. The van der Waals surface area contributed by atoms with Crippen molar-refractivity contribution in [3.05, 3.63) is 102 Å². The van der Waals surface area contributed by atoms with Gasteiger partial charge in [-0.15, -0.1) is 0 Å². The highest BCUT2D eigenvalue weighted by atomic mass is 16.5. The molecule has 8 bridgehead atoms. The van der Waals surface area contributed by atoms with Gasteiger partial charge in [-0.05, 0) is 104 Å². The lowest BCUT2D eigenvalue weighted by molar-refractivity contribution is -0.138. The molecule has 0 radical (unpaired) electrons. The molecule has 0 aromatic carbocycles. The molecule has 240 valence electrons. The number of carbonyl (C=O) groups is 3. The number of H-pyrrole nitrogens is 4. The minimum absolute atomic E-state index is 0.133. The molecule has 1 aliphatic rings. The molecule has 46 heavy (non-hydrogen) atoms. The Morgan fingerprint density at radius 1 is 0.848 bits per heavy atom. The van der Waals surface area contributed by atoms with E-state index in [9.17, 15) is 24.6 Å². The topological polar surface area (TPSA) is 164 Å². The number of ether oxygens (including phenoxy) is 1. The van der Waals surface area contributed by atoms with Crippen LogP contribution in [0.2, 0.25) is 0 Å². The molecule has 4 aromatic heterocycles. The number of fused-ring (bicyclic) bond motifs is 8. The van der Waals surface area contributed by atoms with Gasteiger partial charge in [0.2, 0.25) is 0 Å². The predicted octanol–water partition coefficient (Wildman–Crippen LogP) is 3.12. The van der Waals surface area contributed by atoms with Crippen LogP contribution in [0.25, 0.3) is 23.0 Å². The number of hydrogen-bond acceptors (Lipinski definition) is 4. The summed E-state index contributed by atoms with van der Waals surface area (Å²) in [6.45, 7) is 15.4. The summed E-state index contributed by atoms with van der Waals surface area (Å²) >= 11 is 0. The summed E-state index contributed by atoms with van der Waals surface area (Å²) in [5.74, 6) is -2.27. The fraction of sp³-hybridized carbons (Fsp3) is 0.306. The van der Waals surface area contributed by atoms with Gasteiger partial charge in [0, 0.05) is 52.8 Å². The molecule has 10 nitrogen and oxygen atoms in total. The number of allylic oxidation sites excluding steroid dienone is 1. The molecular formula is C36H40N4O6. The lowest BCUT2D eigenvalue weighted by Crippen LogP contribution is -2.22. The summed E-state index contributed by atoms with van der Waals surface area (Å²) in [5.41, 5.74) is 9.98. The second-order valence-electron chi connectivity index (χ2n) is 11.8. The van der Waals surface area contributed by atoms with E-state index in [0.29, 0.717) is 28.6 Å². The summed E-state index contributed by atoms with van der Waals surface area (Å²) in [6, 6.07) is 4.17. The Bertz CT molecular complexity index is 2170. The van der Waals surface area contributed by atoms with Crippen LogP contribution in [0.5, 0.6) is 0 Å². The van der Waals surface area contributed by atoms with Crippen molar-refractivity contribution in [1.82, 2.24) is 19.9 Å². The SMILES string of the molecule is C=CC1=c2cc(C)c([nH]2)=Cc2[nH]c(c(CCC(=O)O)c2C)C(OC(C)=O)=c2[nH]c(c(C)c2CCC(=O)O)=C(CC)c2cc(C)c1[nH]2. The molecule has 0 spiro atoms. The first-order valence-electron chi connectivity index (χ1n) is 15.4. The van der Waals surface area contributed by atoms with E-state index in [1.54, 1.807) is 0 Å². The summed E-state index contributed by atoms with van der Waals surface area (Å²) in [4.78, 5) is 50.3. The second-order valence-corrected chi connectivity index (χ2v) is 11.8. The zero-order chi connectivity index (χ0) is 33.4. The average Bonchev–Trinajstić information content (AvgIpc) is 3.71. The van der Waals surface area contributed by atoms with Gasteiger partial charge in [0.05, 0.1) is 16.7 Å². The lowest BCUT2D eigenvalue weighted by Gasteiger charge is -2.10. The third kappa shape index (κ3) is 5.90. The smallest absolute Gasteiger partial charge is 0.308 e. The number of nitrogens with one attached hydrogen (secondary N) is 4. The van der Waals surface area contributed by atoms with Crippen molar-refractivity contribution in [2.45, 2.75) is 73.6 Å². The van der Waals surface area contributed by atoms with Crippen molar-refractivity contribution in [3.8, 4) is 0 Å². The van der Waals surface area contributed by atoms with Crippen molar-refractivity contribution in [2.75, 3.05) is 0 Å². The maximum atomic E-state index is 12.7. The largest absolute Gasteiger partial charge is 0.481 e. The van der Waals surface area contributed by atoms with Crippen LogP contribution in [0.3, 0.4) is 0 Å². The van der Waals surface area contributed by atoms with E-state index in [0.717, 1.165) is 66.5 Å². The van der Waals surface area contributed by atoms with E-state index >= 15 is 0 Å². The van der Waals surface area contributed by atoms with Crippen molar-refractivity contribution >= 4 is 40.9 Å². The molecule has 0 saturated heterocycles. The molecule has 0 aliphatic carbocycles. The number of hydrogen-bond donors (Lipinski definition) is 6. The van der Waals surface area contributed by atoms with Crippen molar-refractivity contribution in [1.29, 1.82) is 0 Å². The number of carboxylic acid groups (broad SMARTS) is 2. The zero-order valence-electron chi connectivity index (χ0n) is 27.1. The Morgan fingerprint density at radius 3 is 2.13 bits per heavy atom. The molecule has 10 heteroatoms. The van der Waals surface area contributed by atoms with Crippen molar-refractivity contribution in [3.63, 3.8) is 0 Å². The average molecular weight is 625 g/mol. The van der Waals surface area contributed by atoms with Gasteiger partial charge in [0.15, 0.2) is 5.76 Å². The van der Waals surface area contributed by atoms with E-state index in [4.69, 9.17) is 4.74 Å². The first-order chi connectivity index (χ1) is 21.8. The van der Waals surface area contributed by atoms with Gasteiger partial charge >= 0.3 is 17.9 Å². The van der Waals surface area contributed by atoms with Crippen LogP contribution >= 0.6 is 0 Å². The predicted molar refractivity (Wildman–Crippen MR) is 176 cm³/mol. The molecular weight excluding hydrogens is 584 g/mol. The number of carboxylic acids is 2. The number of aromatic amines is 4. The molecule has 5 rings (SSSR count). The fourth-order valence-corrected chi connectivity index (χ4v) is 6.44. The number of esters is 1. The van der Waals surface area contributed by atoms with Crippen LogP contribution in [0.1, 0.15) is 89.3 Å². The Labute approximate surface area is 265 Å². The Kier molecular flexibility index (Phi) is 8.83. The molecule has 4 aromatic rings. The van der Waals surface area contributed by atoms with Crippen LogP contribution in [-0.4, -0.2) is 48.1 Å². The molecule has 5 heterocycles. The summed E-state index contributed by atoms with van der Waals surface area (Å²) < 4.78 is 5.96. The first kappa shape index (κ1) is 32.2. The molecule has 0 atom stereocenters. The van der Waals surface area contributed by atoms with E-state index in [1.165, 1.54) is 6.92 Å². The van der Waals surface area contributed by atoms with Gasteiger partial charge in [-0.3, -0.25) is 14.4 Å². The molecule has 0 unspecified atom stereocenters. The van der Waals surface area contributed by atoms with Crippen LogP contribution in [0.4, 0.5) is 0 Å². The lowest BCUT2D eigenvalue weighted by atomic mass is 10.0. The third-order valence-corrected chi connectivity index (χ3v) is 8.78. The minimum Gasteiger partial charge on any atom is -0.481 e. The van der Waals surface area contributed by atoms with Gasteiger partial charge in [0.1, 0.15) is 0 Å². The number of aliphatic carboxylic acids is 2. The summed E-state index contributed by atoms with van der Waals surface area (Å²) in [5, 5.41) is 22.3. The number of rotatable bonds is 9. The highest BCUT2D eigenvalue weighted by molar-refractivity contribution is 5.79. The molecule has 0 fully saturated rings. The molecule has 1 aliphatic heterocycles. The van der Waals surface area contributed by atoms with E-state index in [-0.39, 0.29) is 31.4 Å². The van der Waals surface area contributed by atoms with Crippen LogP contribution < -0.4 is 21.4 Å². The zero-order valence-corrected chi connectivity index (χ0v) is 27.1. The molecule has 0 amide bonds. The van der Waals surface area contributed by atoms with Crippen LogP contribution in [0, 0.1) is 27.7 Å². The molecule has 0 saturated carbocycles. The maximum Gasteiger partial charge on any atom is 0.308 e. The van der Waals surface area contributed by atoms with Gasteiger partial charge in [0.25, 0.3) is 0 Å². The standard InChI is InChI=1S/C36H40N4O6/c1-8-22-28-14-17(3)26(37-28)16-27-19(5)24(10-12-30(42)43)34(38-27)36(46-21(7)41)35-25(11-13-31(44)45)20(6)33(40-35)23(9-2)29-15-18(4)32(22)39-29/h8,14-16,37-40H,1,9-13H2,2-7H3,(H,42,43)(H,44,45). The highest BCUT2D eigenvalue weighted by Crippen LogP contribution is 2.28. The summed E-state index contributed by atoms with van der Waals surface area (Å²) in [7, 11) is 0. The van der Waals surface area contributed by atoms with Crippen molar-refractivity contribution in [2.24, 2.45) is 0 Å². The third-order valence-electron chi connectivity index (χ3n) is 8.78. The highest BCUT2D eigenvalue weighted by Gasteiger charge is 2.24. The van der Waals surface area contributed by atoms with Gasteiger partial charge in [-0.1, -0.05) is 19.6 Å². The summed E-state index contributed by atoms with van der Waals surface area (Å²) in [6.07, 6.45) is 4.54. The van der Waals surface area contributed by atoms with Gasteiger partial charge < -0.3 is 34.9 Å². The van der Waals surface area contributed by atoms with Crippen molar-refractivity contribution < 1.29 is 29.3 Å². The Morgan fingerprint density at radius 2 is 1.52 bits per heavy atom. The van der Waals surface area contributed by atoms with E-state index in [2.05, 4.69) is 45.6 Å². The quantitative estimate of drug-likeness (QED) is 0.157. The fourth-order valence-electron chi connectivity index (χ4n) is 6.44. The van der Waals surface area contributed by atoms with Gasteiger partial charge in [-0.25, -0.2) is 0 Å². The normalized spacial score (nSPS) is 12.7. The number of aryl methyl sites for hydroxylation is 2. The minimum atomic E-state index is -0.954. The van der Waals surface area contributed by atoms with E-state index in [1.807, 2.05) is 39.8 Å². The van der Waals surface area contributed by atoms with Gasteiger partial charge in [-0.2, -0.15) is 0 Å². The number of aromatic nitrogens is 4. The second kappa shape index (κ2) is 12.6. The maximum absolute atomic E-state index is 12.7. The Balaban J connectivity index is 2.05. The van der Waals surface area contributed by atoms with Crippen LogP contribution in [-0.2, 0) is 32.0 Å². The Hall–Kier alpha value is -5.25. The van der Waals surface area contributed by atoms with Crippen LogP contribution in [0.15, 0.2) is 24.8 Å². The number of carbonyl (C=O) groups excluding carboxylic acids is 1. The monoisotopic (exact) mass is 624 g/mol. The van der Waals surface area contributed by atoms with E-state index < -0.39 is 17.9 Å². The molecule has 6 N–H and O–H groups in total.